The fourth-order valence-electron chi connectivity index (χ4n) is 4.82. The van der Waals surface area contributed by atoms with Gasteiger partial charge in [-0.1, -0.05) is 19.3 Å². The van der Waals surface area contributed by atoms with Gasteiger partial charge in [0, 0.05) is 49.2 Å². The highest BCUT2D eigenvalue weighted by Crippen LogP contribution is 2.35. The van der Waals surface area contributed by atoms with Gasteiger partial charge in [-0.2, -0.15) is 0 Å². The van der Waals surface area contributed by atoms with Crippen molar-refractivity contribution in [3.05, 3.63) is 34.1 Å². The van der Waals surface area contributed by atoms with Gasteiger partial charge in [-0.05, 0) is 25.0 Å². The number of nitrogens with zero attached hydrogens (tertiary/aromatic N) is 2. The molecule has 0 atom stereocenters. The Labute approximate surface area is 193 Å². The predicted octanol–water partition coefficient (Wildman–Crippen LogP) is 2.43. The van der Waals surface area contributed by atoms with Crippen molar-refractivity contribution in [3.8, 4) is 11.5 Å². The third-order valence-electron chi connectivity index (χ3n) is 6.79. The number of hydrogen-bond donors (Lipinski definition) is 2. The molecule has 178 valence electrons. The molecule has 1 saturated heterocycles. The number of aromatic nitrogens is 1. The second kappa shape index (κ2) is 10.0. The lowest BCUT2D eigenvalue weighted by molar-refractivity contribution is 0.0345. The number of rotatable bonds is 6. The number of benzene rings is 1. The first-order chi connectivity index (χ1) is 16.2. The fourth-order valence-corrected chi connectivity index (χ4v) is 4.82. The Morgan fingerprint density at radius 2 is 1.85 bits per heavy atom. The molecule has 3 aliphatic rings. The molecule has 33 heavy (non-hydrogen) atoms. The van der Waals surface area contributed by atoms with E-state index >= 15 is 0 Å². The molecule has 2 fully saturated rings. The van der Waals surface area contributed by atoms with Gasteiger partial charge in [-0.3, -0.25) is 9.69 Å². The van der Waals surface area contributed by atoms with E-state index in [4.69, 9.17) is 14.2 Å². The first-order valence-corrected chi connectivity index (χ1v) is 12.0. The molecule has 2 N–H and O–H groups in total. The zero-order valence-corrected chi connectivity index (χ0v) is 18.9. The number of H-pyrrole nitrogens is 1. The molecule has 5 rings (SSSR count). The molecule has 0 spiro atoms. The Kier molecular flexibility index (Phi) is 6.68. The maximum absolute atomic E-state index is 13.2. The van der Waals surface area contributed by atoms with Crippen LogP contribution in [0.5, 0.6) is 11.5 Å². The lowest BCUT2D eigenvalue weighted by atomic mass is 9.96. The monoisotopic (exact) mass is 456 g/mol. The fraction of sp³-hybridized carbons (Fsp3) is 0.583. The number of urea groups is 1. The van der Waals surface area contributed by atoms with Gasteiger partial charge in [0.25, 0.3) is 5.56 Å². The van der Waals surface area contributed by atoms with Crippen LogP contribution in [0, 0.1) is 0 Å². The molecule has 0 radical (unpaired) electrons. The normalized spacial score (nSPS) is 19.0. The Morgan fingerprint density at radius 1 is 1.09 bits per heavy atom. The molecule has 3 heterocycles. The van der Waals surface area contributed by atoms with Crippen molar-refractivity contribution in [1.29, 1.82) is 0 Å². The summed E-state index contributed by atoms with van der Waals surface area (Å²) in [6.07, 6.45) is 5.58. The smallest absolute Gasteiger partial charge is 0.317 e. The standard InChI is InChI=1S/C24H32N4O5/c29-23-18(12-17-13-21-22(33-16-32-21)14-20(17)26-23)15-28(7-6-27-8-10-31-11-9-27)24(30)25-19-4-2-1-3-5-19/h12-14,19H,1-11,15-16H2,(H,25,30)(H,26,29). The number of morpholine rings is 1. The number of carbonyl (C=O) groups is 1. The van der Waals surface area contributed by atoms with Crippen LogP contribution < -0.4 is 20.3 Å². The van der Waals surface area contributed by atoms with Crippen molar-refractivity contribution < 1.29 is 19.0 Å². The van der Waals surface area contributed by atoms with E-state index in [1.807, 2.05) is 12.1 Å². The van der Waals surface area contributed by atoms with Crippen LogP contribution in [0.3, 0.4) is 0 Å². The molecule has 9 heteroatoms. The molecule has 1 aromatic heterocycles. The number of hydrogen-bond acceptors (Lipinski definition) is 6. The van der Waals surface area contributed by atoms with Crippen LogP contribution in [0.25, 0.3) is 10.9 Å². The Bertz CT molecular complexity index is 1040. The number of carbonyl (C=O) groups excluding carboxylic acids is 1. The summed E-state index contributed by atoms with van der Waals surface area (Å²) in [6, 6.07) is 5.63. The lowest BCUT2D eigenvalue weighted by Gasteiger charge is -2.32. The average molecular weight is 457 g/mol. The average Bonchev–Trinajstić information content (AvgIpc) is 3.29. The van der Waals surface area contributed by atoms with Crippen LogP contribution in [0.1, 0.15) is 37.7 Å². The van der Waals surface area contributed by atoms with Crippen LogP contribution in [-0.2, 0) is 11.3 Å². The largest absolute Gasteiger partial charge is 0.454 e. The van der Waals surface area contributed by atoms with Gasteiger partial charge in [0.1, 0.15) is 0 Å². The molecule has 1 aliphatic carbocycles. The van der Waals surface area contributed by atoms with Gasteiger partial charge in [-0.15, -0.1) is 0 Å². The summed E-state index contributed by atoms with van der Waals surface area (Å²) in [5.74, 6) is 1.30. The number of pyridine rings is 1. The molecule has 2 amide bonds. The highest BCUT2D eigenvalue weighted by Gasteiger charge is 2.23. The number of amides is 2. The van der Waals surface area contributed by atoms with Gasteiger partial charge in [0.05, 0.1) is 25.3 Å². The molecule has 1 aromatic carbocycles. The maximum Gasteiger partial charge on any atom is 0.317 e. The second-order valence-electron chi connectivity index (χ2n) is 9.08. The number of fused-ring (bicyclic) bond motifs is 2. The molecular weight excluding hydrogens is 424 g/mol. The predicted molar refractivity (Wildman–Crippen MR) is 124 cm³/mol. The van der Waals surface area contributed by atoms with E-state index in [-0.39, 0.29) is 31.0 Å². The maximum atomic E-state index is 13.2. The van der Waals surface area contributed by atoms with Crippen molar-refractivity contribution in [1.82, 2.24) is 20.1 Å². The molecule has 2 aromatic rings. The zero-order valence-electron chi connectivity index (χ0n) is 18.9. The summed E-state index contributed by atoms with van der Waals surface area (Å²) in [4.78, 5) is 33.1. The highest BCUT2D eigenvalue weighted by molar-refractivity contribution is 5.83. The zero-order chi connectivity index (χ0) is 22.6. The SMILES string of the molecule is O=C(NC1CCCCC1)N(CCN1CCOCC1)Cc1cc2cc3c(cc2[nH]c1=O)OCO3. The first-order valence-electron chi connectivity index (χ1n) is 12.0. The lowest BCUT2D eigenvalue weighted by Crippen LogP contribution is -2.49. The van der Waals surface area contributed by atoms with Crippen LogP contribution in [-0.4, -0.2) is 73.0 Å². The minimum absolute atomic E-state index is 0.0969. The number of aromatic amines is 1. The van der Waals surface area contributed by atoms with Crippen LogP contribution in [0.2, 0.25) is 0 Å². The van der Waals surface area contributed by atoms with Crippen LogP contribution in [0.4, 0.5) is 4.79 Å². The summed E-state index contributed by atoms with van der Waals surface area (Å²) in [5.41, 5.74) is 1.06. The molecule has 9 nitrogen and oxygen atoms in total. The van der Waals surface area contributed by atoms with E-state index in [0.717, 1.165) is 50.7 Å². The Balaban J connectivity index is 1.34. The summed E-state index contributed by atoms with van der Waals surface area (Å²) in [5, 5.41) is 4.07. The number of nitrogens with one attached hydrogen (secondary N) is 2. The van der Waals surface area contributed by atoms with E-state index in [1.54, 1.807) is 11.0 Å². The van der Waals surface area contributed by atoms with E-state index < -0.39 is 0 Å². The van der Waals surface area contributed by atoms with Gasteiger partial charge in [0.15, 0.2) is 11.5 Å². The Hall–Kier alpha value is -2.78. The summed E-state index contributed by atoms with van der Waals surface area (Å²) >= 11 is 0. The van der Waals surface area contributed by atoms with Gasteiger partial charge < -0.3 is 29.4 Å². The quantitative estimate of drug-likeness (QED) is 0.693. The van der Waals surface area contributed by atoms with Crippen molar-refractivity contribution in [2.45, 2.75) is 44.7 Å². The molecular formula is C24H32N4O5. The highest BCUT2D eigenvalue weighted by atomic mass is 16.7. The molecule has 0 unspecified atom stereocenters. The first kappa shape index (κ1) is 22.0. The Morgan fingerprint density at radius 3 is 2.64 bits per heavy atom. The van der Waals surface area contributed by atoms with E-state index in [0.29, 0.717) is 42.3 Å². The molecule has 1 saturated carbocycles. The van der Waals surface area contributed by atoms with Crippen LogP contribution >= 0.6 is 0 Å². The van der Waals surface area contributed by atoms with Crippen molar-refractivity contribution in [2.24, 2.45) is 0 Å². The van der Waals surface area contributed by atoms with Crippen molar-refractivity contribution in [2.75, 3.05) is 46.2 Å². The topological polar surface area (TPSA) is 96.1 Å². The summed E-state index contributed by atoms with van der Waals surface area (Å²) in [7, 11) is 0. The third kappa shape index (κ3) is 5.25. The van der Waals surface area contributed by atoms with Crippen molar-refractivity contribution >= 4 is 16.9 Å². The minimum atomic E-state index is -0.191. The number of ether oxygens (including phenoxy) is 3. The van der Waals surface area contributed by atoms with E-state index in [2.05, 4.69) is 15.2 Å². The van der Waals surface area contributed by atoms with Gasteiger partial charge in [0.2, 0.25) is 6.79 Å². The van der Waals surface area contributed by atoms with Gasteiger partial charge >= 0.3 is 6.03 Å². The third-order valence-corrected chi connectivity index (χ3v) is 6.79. The molecule has 2 aliphatic heterocycles. The second-order valence-corrected chi connectivity index (χ2v) is 9.08. The van der Waals surface area contributed by atoms with Gasteiger partial charge in [-0.25, -0.2) is 4.79 Å². The molecule has 0 bridgehead atoms. The summed E-state index contributed by atoms with van der Waals surface area (Å²) in [6.45, 7) is 4.90. The van der Waals surface area contributed by atoms with E-state index in [9.17, 15) is 9.59 Å². The van der Waals surface area contributed by atoms with Crippen LogP contribution in [0.15, 0.2) is 23.0 Å². The summed E-state index contributed by atoms with van der Waals surface area (Å²) < 4.78 is 16.3. The van der Waals surface area contributed by atoms with E-state index in [1.165, 1.54) is 6.42 Å². The minimum Gasteiger partial charge on any atom is -0.454 e. The van der Waals surface area contributed by atoms with Crippen molar-refractivity contribution in [3.63, 3.8) is 0 Å².